The highest BCUT2D eigenvalue weighted by Crippen LogP contribution is 2.16. The van der Waals surface area contributed by atoms with Crippen molar-refractivity contribution in [3.8, 4) is 0 Å². The predicted molar refractivity (Wildman–Crippen MR) is 97.2 cm³/mol. The maximum absolute atomic E-state index is 12.1. The Morgan fingerprint density at radius 2 is 1.96 bits per heavy atom. The standard InChI is InChI=1S/C19H29N3O2/c1-15-8-12-22(13-9-15)11-4-3-10-20-19(24)17-6-5-7-18(14-17)21-16(2)23/h5-7,14-15H,3-4,8-13H2,1-2H3,(H,20,24)(H,21,23). The normalized spacial score (nSPS) is 15.9. The lowest BCUT2D eigenvalue weighted by Gasteiger charge is -2.30. The van der Waals surface area contributed by atoms with Crippen LogP contribution in [0.1, 0.15) is 49.9 Å². The number of benzene rings is 1. The molecule has 0 aromatic heterocycles. The number of carbonyl (C=O) groups is 2. The monoisotopic (exact) mass is 331 g/mol. The van der Waals surface area contributed by atoms with Gasteiger partial charge >= 0.3 is 0 Å². The number of hydrogen-bond acceptors (Lipinski definition) is 3. The third-order valence-electron chi connectivity index (χ3n) is 4.51. The van der Waals surface area contributed by atoms with Crippen LogP contribution in [-0.4, -0.2) is 42.9 Å². The summed E-state index contributed by atoms with van der Waals surface area (Å²) in [5.41, 5.74) is 1.22. The summed E-state index contributed by atoms with van der Waals surface area (Å²) in [6, 6.07) is 7.01. The van der Waals surface area contributed by atoms with Gasteiger partial charge in [-0.2, -0.15) is 0 Å². The van der Waals surface area contributed by atoms with E-state index in [-0.39, 0.29) is 11.8 Å². The number of anilines is 1. The van der Waals surface area contributed by atoms with Gasteiger partial charge in [0.1, 0.15) is 0 Å². The maximum Gasteiger partial charge on any atom is 0.251 e. The van der Waals surface area contributed by atoms with Gasteiger partial charge in [0.25, 0.3) is 5.91 Å². The minimum absolute atomic E-state index is 0.0889. The Bertz CT molecular complexity index is 551. The number of likely N-dealkylation sites (tertiary alicyclic amines) is 1. The first-order valence-electron chi connectivity index (χ1n) is 8.93. The summed E-state index contributed by atoms with van der Waals surface area (Å²) in [5, 5.41) is 5.65. The van der Waals surface area contributed by atoms with Gasteiger partial charge in [-0.25, -0.2) is 0 Å². The summed E-state index contributed by atoms with van der Waals surface area (Å²) in [6.07, 6.45) is 4.71. The summed E-state index contributed by atoms with van der Waals surface area (Å²) < 4.78 is 0. The molecule has 132 valence electrons. The van der Waals surface area contributed by atoms with E-state index >= 15 is 0 Å². The number of piperidine rings is 1. The molecule has 24 heavy (non-hydrogen) atoms. The average Bonchev–Trinajstić information content (AvgIpc) is 2.55. The van der Waals surface area contributed by atoms with Gasteiger partial charge in [-0.05, 0) is 69.4 Å². The van der Waals surface area contributed by atoms with Crippen molar-refractivity contribution in [2.24, 2.45) is 5.92 Å². The molecule has 0 atom stereocenters. The van der Waals surface area contributed by atoms with Crippen molar-refractivity contribution < 1.29 is 9.59 Å². The van der Waals surface area contributed by atoms with Crippen LogP contribution in [0.4, 0.5) is 5.69 Å². The molecule has 2 N–H and O–H groups in total. The fourth-order valence-electron chi connectivity index (χ4n) is 2.99. The number of hydrogen-bond donors (Lipinski definition) is 2. The Morgan fingerprint density at radius 3 is 2.67 bits per heavy atom. The van der Waals surface area contributed by atoms with E-state index in [0.717, 1.165) is 25.3 Å². The molecule has 2 amide bonds. The number of nitrogens with zero attached hydrogens (tertiary/aromatic N) is 1. The van der Waals surface area contributed by atoms with Crippen LogP contribution in [0.5, 0.6) is 0 Å². The summed E-state index contributed by atoms with van der Waals surface area (Å²) >= 11 is 0. The van der Waals surface area contributed by atoms with Crippen LogP contribution in [0.15, 0.2) is 24.3 Å². The summed E-state index contributed by atoms with van der Waals surface area (Å²) in [7, 11) is 0. The highest BCUT2D eigenvalue weighted by molar-refractivity contribution is 5.96. The third-order valence-corrected chi connectivity index (χ3v) is 4.51. The molecule has 0 spiro atoms. The first kappa shape index (κ1) is 18.5. The fourth-order valence-corrected chi connectivity index (χ4v) is 2.99. The van der Waals surface area contributed by atoms with Gasteiger partial charge in [0, 0.05) is 24.7 Å². The van der Waals surface area contributed by atoms with Crippen molar-refractivity contribution in [3.63, 3.8) is 0 Å². The average molecular weight is 331 g/mol. The topological polar surface area (TPSA) is 61.4 Å². The van der Waals surface area contributed by atoms with E-state index in [4.69, 9.17) is 0 Å². The number of rotatable bonds is 7. The molecule has 1 heterocycles. The zero-order valence-electron chi connectivity index (χ0n) is 14.8. The largest absolute Gasteiger partial charge is 0.352 e. The maximum atomic E-state index is 12.1. The summed E-state index contributed by atoms with van der Waals surface area (Å²) in [4.78, 5) is 25.7. The molecule has 0 unspecified atom stereocenters. The van der Waals surface area contributed by atoms with Gasteiger partial charge in [0.15, 0.2) is 0 Å². The quantitative estimate of drug-likeness (QED) is 0.755. The van der Waals surface area contributed by atoms with Gasteiger partial charge in [-0.3, -0.25) is 9.59 Å². The Labute approximate surface area is 144 Å². The Morgan fingerprint density at radius 1 is 1.21 bits per heavy atom. The number of amides is 2. The molecule has 0 bridgehead atoms. The van der Waals surface area contributed by atoms with Gasteiger partial charge in [0.2, 0.25) is 5.91 Å². The van der Waals surface area contributed by atoms with Crippen LogP contribution in [0.25, 0.3) is 0 Å². The second-order valence-electron chi connectivity index (χ2n) is 6.75. The van der Waals surface area contributed by atoms with Crippen LogP contribution < -0.4 is 10.6 Å². The lowest BCUT2D eigenvalue weighted by molar-refractivity contribution is -0.114. The lowest BCUT2D eigenvalue weighted by atomic mass is 9.99. The molecule has 1 aliphatic rings. The summed E-state index contributed by atoms with van der Waals surface area (Å²) in [5.74, 6) is 0.641. The minimum Gasteiger partial charge on any atom is -0.352 e. The molecule has 0 saturated carbocycles. The van der Waals surface area contributed by atoms with Gasteiger partial charge < -0.3 is 15.5 Å². The number of nitrogens with one attached hydrogen (secondary N) is 2. The predicted octanol–water partition coefficient (Wildman–Crippen LogP) is 2.89. The third kappa shape index (κ3) is 6.32. The van der Waals surface area contributed by atoms with Crippen molar-refractivity contribution >= 4 is 17.5 Å². The molecule has 5 nitrogen and oxygen atoms in total. The molecule has 1 aromatic carbocycles. The molecule has 5 heteroatoms. The van der Waals surface area contributed by atoms with Crippen molar-refractivity contribution in [1.82, 2.24) is 10.2 Å². The Kier molecular flexibility index (Phi) is 7.25. The first-order chi connectivity index (χ1) is 11.5. The van der Waals surface area contributed by atoms with E-state index in [1.807, 2.05) is 0 Å². The van der Waals surface area contributed by atoms with Gasteiger partial charge in [-0.1, -0.05) is 13.0 Å². The highest BCUT2D eigenvalue weighted by atomic mass is 16.2. The molecular weight excluding hydrogens is 302 g/mol. The molecule has 1 fully saturated rings. The molecule has 1 aromatic rings. The van der Waals surface area contributed by atoms with E-state index in [1.165, 1.54) is 32.9 Å². The number of carbonyl (C=O) groups excluding carboxylic acids is 2. The van der Waals surface area contributed by atoms with Crippen LogP contribution in [0.3, 0.4) is 0 Å². The zero-order chi connectivity index (χ0) is 17.4. The second kappa shape index (κ2) is 9.42. The molecular formula is C19H29N3O2. The van der Waals surface area contributed by atoms with E-state index in [1.54, 1.807) is 24.3 Å². The molecule has 0 aliphatic carbocycles. The smallest absolute Gasteiger partial charge is 0.251 e. The van der Waals surface area contributed by atoms with Crippen molar-refractivity contribution in [3.05, 3.63) is 29.8 Å². The van der Waals surface area contributed by atoms with E-state index < -0.39 is 0 Å². The van der Waals surface area contributed by atoms with E-state index in [0.29, 0.717) is 17.8 Å². The zero-order valence-corrected chi connectivity index (χ0v) is 14.8. The van der Waals surface area contributed by atoms with Crippen molar-refractivity contribution in [2.75, 3.05) is 31.5 Å². The Balaban J connectivity index is 1.65. The lowest BCUT2D eigenvalue weighted by Crippen LogP contribution is -2.34. The van der Waals surface area contributed by atoms with E-state index in [9.17, 15) is 9.59 Å². The van der Waals surface area contributed by atoms with Crippen LogP contribution in [0.2, 0.25) is 0 Å². The summed E-state index contributed by atoms with van der Waals surface area (Å²) in [6.45, 7) is 8.02. The van der Waals surface area contributed by atoms with Crippen LogP contribution in [-0.2, 0) is 4.79 Å². The Hall–Kier alpha value is -1.88. The highest BCUT2D eigenvalue weighted by Gasteiger charge is 2.14. The SMILES string of the molecule is CC(=O)Nc1cccc(C(=O)NCCCCN2CCC(C)CC2)c1. The van der Waals surface area contributed by atoms with Crippen molar-refractivity contribution in [1.29, 1.82) is 0 Å². The van der Waals surface area contributed by atoms with Gasteiger partial charge in [-0.15, -0.1) is 0 Å². The van der Waals surface area contributed by atoms with Crippen molar-refractivity contribution in [2.45, 2.75) is 39.5 Å². The molecule has 2 rings (SSSR count). The second-order valence-corrected chi connectivity index (χ2v) is 6.75. The number of unbranched alkanes of at least 4 members (excludes halogenated alkanes) is 1. The van der Waals surface area contributed by atoms with Crippen LogP contribution >= 0.6 is 0 Å². The molecule has 1 aliphatic heterocycles. The fraction of sp³-hybridized carbons (Fsp3) is 0.579. The van der Waals surface area contributed by atoms with E-state index in [2.05, 4.69) is 22.5 Å². The first-order valence-corrected chi connectivity index (χ1v) is 8.93. The molecule has 0 radical (unpaired) electrons. The van der Waals surface area contributed by atoms with Gasteiger partial charge in [0.05, 0.1) is 0 Å². The molecule has 1 saturated heterocycles. The van der Waals surface area contributed by atoms with Crippen LogP contribution in [0, 0.1) is 5.92 Å². The minimum atomic E-state index is -0.139.